The van der Waals surface area contributed by atoms with Crippen molar-refractivity contribution >= 4 is 44.5 Å². The summed E-state index contributed by atoms with van der Waals surface area (Å²) in [5.74, 6) is -3.56. The molecule has 226 valence electrons. The molecule has 0 aliphatic carbocycles. The number of carbonyl (C=O) groups is 1. The van der Waals surface area contributed by atoms with Crippen molar-refractivity contribution in [1.82, 2.24) is 24.4 Å². The number of pyridine rings is 2. The van der Waals surface area contributed by atoms with Crippen LogP contribution < -0.4 is 10.6 Å². The fourth-order valence-corrected chi connectivity index (χ4v) is 5.71. The Balaban J connectivity index is 1.83. The van der Waals surface area contributed by atoms with E-state index in [4.69, 9.17) is 15.7 Å². The lowest BCUT2D eigenvalue weighted by atomic mass is 9.77. The third kappa shape index (κ3) is 5.91. The molecule has 4 aromatic rings. The molecular weight excluding hydrogens is 579 g/mol. The quantitative estimate of drug-likeness (QED) is 0.233. The first kappa shape index (κ1) is 31.7. The lowest BCUT2D eigenvalue weighted by Gasteiger charge is -2.40. The van der Waals surface area contributed by atoms with E-state index in [2.05, 4.69) is 21.5 Å². The number of hydrogen-bond donors (Lipinski definition) is 0. The number of hydrogen-bond acceptors (Lipinski definition) is 6. The van der Waals surface area contributed by atoms with Crippen LogP contribution in [0.3, 0.4) is 0 Å². The molecule has 8 nitrogen and oxygen atoms in total. The van der Waals surface area contributed by atoms with Crippen LogP contribution in [-0.4, -0.2) is 71.7 Å². The number of nitrogens with zero attached hydrogens (tertiary/aromatic N) is 6. The molecule has 1 aliphatic heterocycles. The molecule has 0 spiro atoms. The van der Waals surface area contributed by atoms with Crippen molar-refractivity contribution in [2.75, 3.05) is 24.5 Å². The second-order valence-corrected chi connectivity index (χ2v) is 11.3. The maximum Gasteiger partial charge on any atom is 0.355 e. The van der Waals surface area contributed by atoms with Crippen molar-refractivity contribution in [3.05, 3.63) is 93.2 Å². The highest BCUT2D eigenvalue weighted by Crippen LogP contribution is 2.35. The van der Waals surface area contributed by atoms with Gasteiger partial charge >= 0.3 is 5.69 Å². The molecule has 13 heteroatoms. The monoisotopic (exact) mass is 608 g/mol. The first-order chi connectivity index (χ1) is 21.3. The standard InChI is InChI=1S/C32H29B2F3N6O2/c1-16(2)26-28(17(3)9-10-38-26)43-30-21(14-23(37)27(39-30)25-20(13-24(33)34)7-6-8-22(25)36)29(40-32(43)45)42-12-11-41(15-18(42)4)31(44)19(5)35/h6-10,13-14,16,18H,5,11-12,15H2,1-4H3/t18-/m0/s1. The summed E-state index contributed by atoms with van der Waals surface area (Å²) in [5.41, 5.74) is 0.626. The molecule has 1 amide bonds. The van der Waals surface area contributed by atoms with Crippen LogP contribution in [0.15, 0.2) is 59.1 Å². The summed E-state index contributed by atoms with van der Waals surface area (Å²) in [7, 11) is 11.4. The highest BCUT2D eigenvalue weighted by molar-refractivity contribution is 6.50. The molecule has 1 fully saturated rings. The lowest BCUT2D eigenvalue weighted by molar-refractivity contribution is -0.129. The maximum absolute atomic E-state index is 16.2. The zero-order valence-electron chi connectivity index (χ0n) is 25.3. The van der Waals surface area contributed by atoms with Gasteiger partial charge in [-0.2, -0.15) is 10.4 Å². The zero-order chi connectivity index (χ0) is 32.7. The number of fused-ring (bicyclic) bond motifs is 1. The van der Waals surface area contributed by atoms with Gasteiger partial charge in [-0.15, -0.1) is 0 Å². The second-order valence-electron chi connectivity index (χ2n) is 11.3. The number of amides is 1. The number of carbonyl (C=O) groups excluding carboxylic acids is 1. The minimum Gasteiger partial charge on any atom is -0.350 e. The van der Waals surface area contributed by atoms with E-state index in [1.54, 1.807) is 31.0 Å². The molecule has 1 aliphatic rings. The number of rotatable bonds is 6. The van der Waals surface area contributed by atoms with Gasteiger partial charge < -0.3 is 9.80 Å². The van der Waals surface area contributed by atoms with E-state index in [0.717, 1.165) is 12.1 Å². The van der Waals surface area contributed by atoms with Crippen LogP contribution in [0.4, 0.5) is 19.0 Å². The van der Waals surface area contributed by atoms with Gasteiger partial charge in [-0.05, 0) is 49.1 Å². The SMILES string of the molecule is [B]C([B])=Cc1cccc(F)c1-c1nc2c(cc1F)c(N1CCN(C(=O)C(=C)F)C[C@@H]1C)nc(=O)n2-c1c(C)ccnc1C(C)C. The Morgan fingerprint density at radius 2 is 1.87 bits per heavy atom. The zero-order valence-corrected chi connectivity index (χ0v) is 25.3. The molecule has 4 radical (unpaired) electrons. The van der Waals surface area contributed by atoms with Crippen LogP contribution >= 0.6 is 0 Å². The van der Waals surface area contributed by atoms with Crippen LogP contribution in [0.1, 0.15) is 43.5 Å². The highest BCUT2D eigenvalue weighted by atomic mass is 19.1. The van der Waals surface area contributed by atoms with E-state index in [0.29, 0.717) is 16.9 Å². The summed E-state index contributed by atoms with van der Waals surface area (Å²) in [5, 5.41) is 0.0454. The van der Waals surface area contributed by atoms with E-state index < -0.39 is 35.1 Å². The molecule has 0 bridgehead atoms. The number of benzene rings is 1. The number of anilines is 1. The fraction of sp³-hybridized carbons (Fsp3) is 0.281. The van der Waals surface area contributed by atoms with Gasteiger partial charge in [0.25, 0.3) is 5.91 Å². The van der Waals surface area contributed by atoms with E-state index in [9.17, 15) is 14.0 Å². The lowest BCUT2D eigenvalue weighted by Crippen LogP contribution is -2.54. The summed E-state index contributed by atoms with van der Waals surface area (Å²) in [6, 6.07) is 6.56. The van der Waals surface area contributed by atoms with Crippen LogP contribution in [0.2, 0.25) is 0 Å². The molecule has 3 aromatic heterocycles. The smallest absolute Gasteiger partial charge is 0.350 e. The van der Waals surface area contributed by atoms with E-state index in [1.165, 1.54) is 27.7 Å². The highest BCUT2D eigenvalue weighted by Gasteiger charge is 2.32. The van der Waals surface area contributed by atoms with Gasteiger partial charge in [-0.25, -0.2) is 27.5 Å². The molecule has 0 saturated carbocycles. The summed E-state index contributed by atoms with van der Waals surface area (Å²) in [4.78, 5) is 42.9. The first-order valence-electron chi connectivity index (χ1n) is 14.3. The van der Waals surface area contributed by atoms with Gasteiger partial charge in [0.2, 0.25) is 0 Å². The van der Waals surface area contributed by atoms with E-state index in [-0.39, 0.29) is 64.6 Å². The van der Waals surface area contributed by atoms with Crippen LogP contribution in [0, 0.1) is 18.6 Å². The third-order valence-corrected chi connectivity index (χ3v) is 7.75. The summed E-state index contributed by atoms with van der Waals surface area (Å²) < 4.78 is 46.4. The largest absolute Gasteiger partial charge is 0.355 e. The maximum atomic E-state index is 16.2. The van der Waals surface area contributed by atoms with Gasteiger partial charge in [0.1, 0.15) is 17.3 Å². The van der Waals surface area contributed by atoms with Gasteiger partial charge in [0, 0.05) is 37.4 Å². The topological polar surface area (TPSA) is 84.2 Å². The van der Waals surface area contributed by atoms with Crippen molar-refractivity contribution in [3.8, 4) is 16.9 Å². The molecule has 1 aromatic carbocycles. The Labute approximate surface area is 261 Å². The van der Waals surface area contributed by atoms with Crippen molar-refractivity contribution < 1.29 is 18.0 Å². The summed E-state index contributed by atoms with van der Waals surface area (Å²) in [6.45, 7) is 10.9. The van der Waals surface area contributed by atoms with Gasteiger partial charge in [0.05, 0.1) is 32.5 Å². The van der Waals surface area contributed by atoms with Gasteiger partial charge in [-0.3, -0.25) is 9.78 Å². The number of halogens is 3. The second kappa shape index (κ2) is 12.4. The Kier molecular flexibility index (Phi) is 8.73. The van der Waals surface area contributed by atoms with E-state index in [1.807, 2.05) is 13.8 Å². The molecule has 0 N–H and O–H groups in total. The molecule has 0 unspecified atom stereocenters. The predicted molar refractivity (Wildman–Crippen MR) is 170 cm³/mol. The van der Waals surface area contributed by atoms with Crippen molar-refractivity contribution in [1.29, 1.82) is 0 Å². The fourth-order valence-electron chi connectivity index (χ4n) is 5.71. The number of aromatic nitrogens is 4. The summed E-state index contributed by atoms with van der Waals surface area (Å²) >= 11 is 0. The van der Waals surface area contributed by atoms with Gasteiger partial charge in [0.15, 0.2) is 17.3 Å². The Morgan fingerprint density at radius 3 is 2.51 bits per heavy atom. The minimum absolute atomic E-state index is 0.0149. The van der Waals surface area contributed by atoms with Crippen molar-refractivity contribution in [2.45, 2.75) is 39.7 Å². The van der Waals surface area contributed by atoms with Gasteiger partial charge in [-0.1, -0.05) is 38.6 Å². The molecule has 1 atom stereocenters. The molecule has 4 heterocycles. The molecule has 5 rings (SSSR count). The Morgan fingerprint density at radius 1 is 1.13 bits per heavy atom. The minimum atomic E-state index is -1.08. The summed E-state index contributed by atoms with van der Waals surface area (Å²) in [6.07, 6.45) is 2.93. The molecule has 1 saturated heterocycles. The normalized spacial score (nSPS) is 15.1. The molecular formula is C32H29B2F3N6O2. The number of piperazine rings is 1. The van der Waals surface area contributed by atoms with E-state index >= 15 is 8.78 Å². The van der Waals surface area contributed by atoms with Crippen molar-refractivity contribution in [3.63, 3.8) is 0 Å². The van der Waals surface area contributed by atoms with Crippen LogP contribution in [0.5, 0.6) is 0 Å². The van der Waals surface area contributed by atoms with Crippen LogP contribution in [0.25, 0.3) is 34.1 Å². The van der Waals surface area contributed by atoms with Crippen LogP contribution in [-0.2, 0) is 4.79 Å². The van der Waals surface area contributed by atoms with Crippen molar-refractivity contribution in [2.24, 2.45) is 0 Å². The Bertz CT molecular complexity index is 1940. The Hall–Kier alpha value is -4.67. The number of aryl methyl sites for hydroxylation is 1. The molecule has 45 heavy (non-hydrogen) atoms. The average molecular weight is 608 g/mol. The average Bonchev–Trinajstić information content (AvgIpc) is 2.97. The first-order valence-corrected chi connectivity index (χ1v) is 14.3. The predicted octanol–water partition coefficient (Wildman–Crippen LogP) is 4.71. The third-order valence-electron chi connectivity index (χ3n) is 7.75.